The number of nitrogen functional groups attached to an aromatic ring is 1. The molecule has 0 aromatic carbocycles. The Labute approximate surface area is 133 Å². The molecule has 1 aliphatic heterocycles. The molecule has 3 rings (SSSR count). The number of hydrogen-bond donors (Lipinski definition) is 3. The number of nitrogens with two attached hydrogens (primary N) is 1. The maximum Gasteiger partial charge on any atom is 0.305 e. The van der Waals surface area contributed by atoms with Crippen LogP contribution in [0.4, 0.5) is 17.3 Å². The lowest BCUT2D eigenvalue weighted by molar-refractivity contribution is 0.0935. The van der Waals surface area contributed by atoms with Crippen LogP contribution in [-0.2, 0) is 0 Å². The van der Waals surface area contributed by atoms with Crippen LogP contribution in [0, 0.1) is 0 Å². The standard InChI is InChI=1S/C14H19N7O2/c1-20-4-6-21(7-5-20)13-11(15)12(16-9-17-13)18-19-14(22)10-3-2-8-23-10/h2-3,8-9H,4-7,15H2,1H3,(H,19,22)(H,16,17,18). The number of amides is 1. The van der Waals surface area contributed by atoms with E-state index in [1.165, 1.54) is 12.6 Å². The van der Waals surface area contributed by atoms with Crippen molar-refractivity contribution in [2.24, 2.45) is 0 Å². The number of nitrogens with zero attached hydrogens (tertiary/aromatic N) is 4. The van der Waals surface area contributed by atoms with E-state index in [-0.39, 0.29) is 5.76 Å². The lowest BCUT2D eigenvalue weighted by Crippen LogP contribution is -2.45. The van der Waals surface area contributed by atoms with Crippen LogP contribution in [0.5, 0.6) is 0 Å². The van der Waals surface area contributed by atoms with E-state index in [4.69, 9.17) is 10.2 Å². The van der Waals surface area contributed by atoms with Gasteiger partial charge in [0.15, 0.2) is 17.4 Å². The fourth-order valence-corrected chi connectivity index (χ4v) is 2.34. The highest BCUT2D eigenvalue weighted by atomic mass is 16.3. The summed E-state index contributed by atoms with van der Waals surface area (Å²) < 4.78 is 5.01. The molecule has 0 aliphatic carbocycles. The lowest BCUT2D eigenvalue weighted by atomic mass is 10.3. The zero-order valence-corrected chi connectivity index (χ0v) is 12.8. The molecule has 0 radical (unpaired) electrons. The van der Waals surface area contributed by atoms with Crippen molar-refractivity contribution in [2.75, 3.05) is 49.3 Å². The van der Waals surface area contributed by atoms with Crippen molar-refractivity contribution in [1.82, 2.24) is 20.3 Å². The third-order valence-electron chi connectivity index (χ3n) is 3.71. The number of anilines is 3. The number of carbonyl (C=O) groups is 1. The Balaban J connectivity index is 1.68. The second kappa shape index (κ2) is 6.53. The third-order valence-corrected chi connectivity index (χ3v) is 3.71. The molecule has 3 heterocycles. The predicted octanol–water partition coefficient (Wildman–Crippen LogP) is 0.161. The molecule has 1 fully saturated rings. The quantitative estimate of drug-likeness (QED) is 0.684. The number of piperazine rings is 1. The summed E-state index contributed by atoms with van der Waals surface area (Å²) in [5.41, 5.74) is 11.8. The summed E-state index contributed by atoms with van der Waals surface area (Å²) in [7, 11) is 2.08. The minimum atomic E-state index is -0.408. The highest BCUT2D eigenvalue weighted by Crippen LogP contribution is 2.26. The van der Waals surface area contributed by atoms with Gasteiger partial charge in [0, 0.05) is 26.2 Å². The van der Waals surface area contributed by atoms with E-state index in [1.807, 2.05) is 0 Å². The Bertz CT molecular complexity index is 666. The van der Waals surface area contributed by atoms with Gasteiger partial charge in [-0.25, -0.2) is 9.97 Å². The second-order valence-corrected chi connectivity index (χ2v) is 5.31. The van der Waals surface area contributed by atoms with E-state index in [9.17, 15) is 4.79 Å². The van der Waals surface area contributed by atoms with Gasteiger partial charge in [-0.3, -0.25) is 15.6 Å². The molecule has 1 saturated heterocycles. The molecule has 0 bridgehead atoms. The van der Waals surface area contributed by atoms with Crippen LogP contribution in [0.15, 0.2) is 29.1 Å². The Hall–Kier alpha value is -2.81. The van der Waals surface area contributed by atoms with Gasteiger partial charge in [0.1, 0.15) is 12.0 Å². The van der Waals surface area contributed by atoms with Gasteiger partial charge in [-0.05, 0) is 19.2 Å². The normalized spacial score (nSPS) is 15.4. The van der Waals surface area contributed by atoms with Gasteiger partial charge in [-0.1, -0.05) is 0 Å². The van der Waals surface area contributed by atoms with Crippen molar-refractivity contribution in [1.29, 1.82) is 0 Å². The van der Waals surface area contributed by atoms with Gasteiger partial charge in [0.25, 0.3) is 0 Å². The maximum absolute atomic E-state index is 11.8. The fraction of sp³-hybridized carbons (Fsp3) is 0.357. The first-order valence-corrected chi connectivity index (χ1v) is 7.29. The van der Waals surface area contributed by atoms with E-state index in [0.717, 1.165) is 26.2 Å². The predicted molar refractivity (Wildman–Crippen MR) is 86.0 cm³/mol. The molecule has 23 heavy (non-hydrogen) atoms. The fourth-order valence-electron chi connectivity index (χ4n) is 2.34. The molecule has 1 amide bonds. The molecule has 0 atom stereocenters. The number of rotatable bonds is 4. The van der Waals surface area contributed by atoms with Crippen LogP contribution in [0.3, 0.4) is 0 Å². The zero-order chi connectivity index (χ0) is 16.2. The summed E-state index contributed by atoms with van der Waals surface area (Å²) >= 11 is 0. The first kappa shape index (κ1) is 15.1. The van der Waals surface area contributed by atoms with Crippen molar-refractivity contribution in [3.63, 3.8) is 0 Å². The molecule has 1 aliphatic rings. The summed E-state index contributed by atoms with van der Waals surface area (Å²) in [6, 6.07) is 3.20. The summed E-state index contributed by atoms with van der Waals surface area (Å²) in [4.78, 5) is 24.5. The molecule has 0 unspecified atom stereocenters. The van der Waals surface area contributed by atoms with E-state index < -0.39 is 5.91 Å². The van der Waals surface area contributed by atoms with Crippen LogP contribution in [0.25, 0.3) is 0 Å². The first-order chi connectivity index (χ1) is 11.1. The monoisotopic (exact) mass is 317 g/mol. The molecule has 9 heteroatoms. The number of hydrazine groups is 1. The number of likely N-dealkylation sites (N-methyl/N-ethyl adjacent to an activating group) is 1. The number of furan rings is 1. The molecule has 122 valence electrons. The summed E-state index contributed by atoms with van der Waals surface area (Å²) in [5.74, 6) is 0.815. The Morgan fingerprint density at radius 3 is 2.78 bits per heavy atom. The summed E-state index contributed by atoms with van der Waals surface area (Å²) in [6.45, 7) is 3.58. The minimum Gasteiger partial charge on any atom is -0.459 e. The maximum atomic E-state index is 11.8. The zero-order valence-electron chi connectivity index (χ0n) is 12.8. The van der Waals surface area contributed by atoms with Crippen molar-refractivity contribution >= 4 is 23.2 Å². The van der Waals surface area contributed by atoms with Gasteiger partial charge in [0.2, 0.25) is 0 Å². The number of aromatic nitrogens is 2. The topological polar surface area (TPSA) is 113 Å². The minimum absolute atomic E-state index is 0.199. The van der Waals surface area contributed by atoms with Gasteiger partial charge in [-0.15, -0.1) is 0 Å². The summed E-state index contributed by atoms with van der Waals surface area (Å²) in [5, 5.41) is 0. The molecule has 2 aromatic rings. The second-order valence-electron chi connectivity index (χ2n) is 5.31. The van der Waals surface area contributed by atoms with Crippen molar-refractivity contribution < 1.29 is 9.21 Å². The molecule has 4 N–H and O–H groups in total. The van der Waals surface area contributed by atoms with Crippen molar-refractivity contribution in [3.8, 4) is 0 Å². The smallest absolute Gasteiger partial charge is 0.305 e. The molecule has 2 aromatic heterocycles. The van der Waals surface area contributed by atoms with Gasteiger partial charge < -0.3 is 20.0 Å². The third kappa shape index (κ3) is 3.34. The number of hydrogen-bond acceptors (Lipinski definition) is 8. The lowest BCUT2D eigenvalue weighted by Gasteiger charge is -2.33. The Morgan fingerprint density at radius 2 is 2.09 bits per heavy atom. The van der Waals surface area contributed by atoms with Crippen LogP contribution >= 0.6 is 0 Å². The Morgan fingerprint density at radius 1 is 1.30 bits per heavy atom. The molecular formula is C14H19N7O2. The van der Waals surface area contributed by atoms with E-state index >= 15 is 0 Å². The van der Waals surface area contributed by atoms with Crippen LogP contribution in [-0.4, -0.2) is 54.0 Å². The van der Waals surface area contributed by atoms with Crippen LogP contribution < -0.4 is 21.5 Å². The Kier molecular flexibility index (Phi) is 4.29. The van der Waals surface area contributed by atoms with Gasteiger partial charge in [0.05, 0.1) is 6.26 Å². The van der Waals surface area contributed by atoms with Gasteiger partial charge in [-0.2, -0.15) is 0 Å². The average Bonchev–Trinajstić information content (AvgIpc) is 3.09. The highest BCUT2D eigenvalue weighted by Gasteiger charge is 2.19. The average molecular weight is 317 g/mol. The van der Waals surface area contributed by atoms with E-state index in [2.05, 4.69) is 37.7 Å². The molecule has 9 nitrogen and oxygen atoms in total. The largest absolute Gasteiger partial charge is 0.459 e. The SMILES string of the molecule is CN1CCN(c2ncnc(NNC(=O)c3ccco3)c2N)CC1. The van der Waals surface area contributed by atoms with E-state index in [0.29, 0.717) is 17.3 Å². The number of carbonyl (C=O) groups excluding carboxylic acids is 1. The highest BCUT2D eigenvalue weighted by molar-refractivity contribution is 5.92. The first-order valence-electron chi connectivity index (χ1n) is 7.29. The van der Waals surface area contributed by atoms with Crippen LogP contribution in [0.2, 0.25) is 0 Å². The van der Waals surface area contributed by atoms with E-state index in [1.54, 1.807) is 12.1 Å². The molecule has 0 spiro atoms. The van der Waals surface area contributed by atoms with Gasteiger partial charge >= 0.3 is 5.91 Å². The molecular weight excluding hydrogens is 298 g/mol. The van der Waals surface area contributed by atoms with Crippen LogP contribution in [0.1, 0.15) is 10.6 Å². The molecule has 0 saturated carbocycles. The van der Waals surface area contributed by atoms with Crippen molar-refractivity contribution in [3.05, 3.63) is 30.5 Å². The summed E-state index contributed by atoms with van der Waals surface area (Å²) in [6.07, 6.45) is 2.85. The van der Waals surface area contributed by atoms with Crippen molar-refractivity contribution in [2.45, 2.75) is 0 Å². The number of nitrogens with one attached hydrogen (secondary N) is 2.